The van der Waals surface area contributed by atoms with Crippen molar-refractivity contribution in [2.45, 2.75) is 18.9 Å². The number of aryl methyl sites for hydroxylation is 2. The van der Waals surface area contributed by atoms with Crippen LogP contribution in [0.1, 0.15) is 11.1 Å². The lowest BCUT2D eigenvalue weighted by Gasteiger charge is -2.37. The molecule has 0 aliphatic carbocycles. The number of piperazine rings is 1. The summed E-state index contributed by atoms with van der Waals surface area (Å²) in [6, 6.07) is 12.5. The molecule has 1 aliphatic heterocycles. The first kappa shape index (κ1) is 22.1. The molecule has 0 saturated carbocycles. The van der Waals surface area contributed by atoms with Gasteiger partial charge in [0.1, 0.15) is 10.8 Å². The normalized spacial score (nSPS) is 13.8. The van der Waals surface area contributed by atoms with Gasteiger partial charge in [-0.05, 0) is 61.4 Å². The highest BCUT2D eigenvalue weighted by Crippen LogP contribution is 2.28. The number of nitrogens with zero attached hydrogens (tertiary/aromatic N) is 4. The van der Waals surface area contributed by atoms with E-state index < -0.39 is 0 Å². The average molecular weight is 452 g/mol. The van der Waals surface area contributed by atoms with Crippen LogP contribution in [-0.2, 0) is 4.79 Å². The van der Waals surface area contributed by atoms with E-state index in [-0.39, 0.29) is 17.5 Å². The molecule has 166 valence electrons. The fraction of sp³-hybridized carbons (Fsp3) is 0.292. The van der Waals surface area contributed by atoms with E-state index in [0.717, 1.165) is 54.0 Å². The molecular formula is C24H26FN5OS. The van der Waals surface area contributed by atoms with Crippen LogP contribution >= 0.6 is 11.8 Å². The second kappa shape index (κ2) is 9.99. The van der Waals surface area contributed by atoms with E-state index >= 15 is 0 Å². The number of aromatic nitrogens is 2. The lowest BCUT2D eigenvalue weighted by molar-refractivity contribution is -0.113. The number of anilines is 3. The molecule has 8 heteroatoms. The number of benzene rings is 2. The molecule has 0 spiro atoms. The number of hydrogen-bond donors (Lipinski definition) is 1. The topological polar surface area (TPSA) is 61.4 Å². The predicted octanol–water partition coefficient (Wildman–Crippen LogP) is 4.29. The molecule has 1 fully saturated rings. The number of halogens is 1. The van der Waals surface area contributed by atoms with E-state index in [0.29, 0.717) is 0 Å². The second-order valence-electron chi connectivity index (χ2n) is 7.77. The first-order chi connectivity index (χ1) is 15.5. The number of hydrogen-bond acceptors (Lipinski definition) is 6. The standard InChI is InChI=1S/C24H26FN5OS/c1-17-3-6-20(15-18(17)2)28-22(31)16-32-24-23(26-9-10-27-24)30-13-11-29(12-14-30)21-7-4-19(25)5-8-21/h3-10,15H,11-14,16H2,1-2H3,(H,28,31). The Hall–Kier alpha value is -3.13. The molecule has 1 N–H and O–H groups in total. The highest BCUT2D eigenvalue weighted by atomic mass is 32.2. The van der Waals surface area contributed by atoms with Gasteiger partial charge in [-0.25, -0.2) is 14.4 Å². The van der Waals surface area contributed by atoms with Crippen molar-refractivity contribution in [3.8, 4) is 0 Å². The monoisotopic (exact) mass is 451 g/mol. The Labute approximate surface area is 191 Å². The summed E-state index contributed by atoms with van der Waals surface area (Å²) in [6.45, 7) is 7.24. The van der Waals surface area contributed by atoms with Gasteiger partial charge in [0, 0.05) is 49.9 Å². The molecule has 3 aromatic rings. The molecule has 0 radical (unpaired) electrons. The maximum Gasteiger partial charge on any atom is 0.234 e. The van der Waals surface area contributed by atoms with Gasteiger partial charge in [0.15, 0.2) is 5.82 Å². The molecule has 0 atom stereocenters. The number of rotatable bonds is 6. The van der Waals surface area contributed by atoms with Crippen LogP contribution in [-0.4, -0.2) is 47.8 Å². The summed E-state index contributed by atoms with van der Waals surface area (Å²) in [5, 5.41) is 3.70. The number of thioether (sulfide) groups is 1. The summed E-state index contributed by atoms with van der Waals surface area (Å²) >= 11 is 1.39. The van der Waals surface area contributed by atoms with Crippen molar-refractivity contribution in [3.63, 3.8) is 0 Å². The van der Waals surface area contributed by atoms with Crippen molar-refractivity contribution in [2.75, 3.05) is 47.0 Å². The molecule has 2 heterocycles. The molecule has 1 saturated heterocycles. The van der Waals surface area contributed by atoms with Crippen LogP contribution < -0.4 is 15.1 Å². The van der Waals surface area contributed by atoms with Crippen LogP contribution in [0.2, 0.25) is 0 Å². The van der Waals surface area contributed by atoms with Crippen LogP contribution in [0, 0.1) is 19.7 Å². The average Bonchev–Trinajstić information content (AvgIpc) is 2.81. The zero-order valence-corrected chi connectivity index (χ0v) is 19.0. The third-order valence-corrected chi connectivity index (χ3v) is 6.52. The summed E-state index contributed by atoms with van der Waals surface area (Å²) < 4.78 is 13.2. The first-order valence-electron chi connectivity index (χ1n) is 10.6. The lowest BCUT2D eigenvalue weighted by atomic mass is 10.1. The smallest absolute Gasteiger partial charge is 0.234 e. The summed E-state index contributed by atoms with van der Waals surface area (Å²) in [5.41, 5.74) is 4.16. The summed E-state index contributed by atoms with van der Waals surface area (Å²) in [7, 11) is 0. The van der Waals surface area contributed by atoms with Crippen molar-refractivity contribution in [1.29, 1.82) is 0 Å². The molecular weight excluding hydrogens is 425 g/mol. The molecule has 32 heavy (non-hydrogen) atoms. The molecule has 1 aromatic heterocycles. The van der Waals surface area contributed by atoms with Gasteiger partial charge in [-0.15, -0.1) is 0 Å². The Morgan fingerprint density at radius 3 is 2.38 bits per heavy atom. The fourth-order valence-corrected chi connectivity index (χ4v) is 4.40. The maximum atomic E-state index is 13.2. The SMILES string of the molecule is Cc1ccc(NC(=O)CSc2nccnc2N2CCN(c3ccc(F)cc3)CC2)cc1C. The van der Waals surface area contributed by atoms with Gasteiger partial charge in [0.05, 0.1) is 5.75 Å². The quantitative estimate of drug-likeness (QED) is 0.564. The third-order valence-electron chi connectivity index (χ3n) is 5.55. The predicted molar refractivity (Wildman–Crippen MR) is 128 cm³/mol. The minimum Gasteiger partial charge on any atom is -0.368 e. The van der Waals surface area contributed by atoms with Crippen LogP contribution in [0.25, 0.3) is 0 Å². The highest BCUT2D eigenvalue weighted by molar-refractivity contribution is 8.00. The third kappa shape index (κ3) is 5.37. The number of amides is 1. The molecule has 1 aliphatic rings. The van der Waals surface area contributed by atoms with Gasteiger partial charge in [0.2, 0.25) is 5.91 Å². The van der Waals surface area contributed by atoms with Crippen LogP contribution in [0.4, 0.5) is 21.6 Å². The molecule has 6 nitrogen and oxygen atoms in total. The maximum absolute atomic E-state index is 13.2. The lowest BCUT2D eigenvalue weighted by Crippen LogP contribution is -2.47. The Morgan fingerprint density at radius 1 is 0.969 bits per heavy atom. The van der Waals surface area contributed by atoms with E-state index in [1.807, 2.05) is 44.2 Å². The van der Waals surface area contributed by atoms with Crippen molar-refractivity contribution in [1.82, 2.24) is 9.97 Å². The van der Waals surface area contributed by atoms with E-state index in [9.17, 15) is 9.18 Å². The Kier molecular flexibility index (Phi) is 6.90. The minimum absolute atomic E-state index is 0.0732. The zero-order chi connectivity index (χ0) is 22.5. The molecule has 1 amide bonds. The summed E-state index contributed by atoms with van der Waals surface area (Å²) in [6.07, 6.45) is 3.34. The van der Waals surface area contributed by atoms with Crippen molar-refractivity contribution < 1.29 is 9.18 Å². The molecule has 0 bridgehead atoms. The number of carbonyl (C=O) groups excluding carboxylic acids is 1. The van der Waals surface area contributed by atoms with Crippen molar-refractivity contribution in [3.05, 3.63) is 71.8 Å². The van der Waals surface area contributed by atoms with Gasteiger partial charge in [-0.1, -0.05) is 17.8 Å². The van der Waals surface area contributed by atoms with Gasteiger partial charge in [-0.2, -0.15) is 0 Å². The zero-order valence-electron chi connectivity index (χ0n) is 18.2. The van der Waals surface area contributed by atoms with Crippen LogP contribution in [0.3, 0.4) is 0 Å². The molecule has 2 aromatic carbocycles. The Bertz CT molecular complexity index is 1080. The first-order valence-corrected chi connectivity index (χ1v) is 11.5. The van der Waals surface area contributed by atoms with Gasteiger partial charge in [0.25, 0.3) is 0 Å². The van der Waals surface area contributed by atoms with Crippen molar-refractivity contribution in [2.24, 2.45) is 0 Å². The van der Waals surface area contributed by atoms with Crippen molar-refractivity contribution >= 4 is 34.9 Å². The van der Waals surface area contributed by atoms with E-state index in [4.69, 9.17) is 0 Å². The minimum atomic E-state index is -0.227. The molecule has 0 unspecified atom stereocenters. The number of nitrogens with one attached hydrogen (secondary N) is 1. The largest absolute Gasteiger partial charge is 0.368 e. The molecule has 4 rings (SSSR count). The summed E-state index contributed by atoms with van der Waals surface area (Å²) in [4.78, 5) is 25.9. The fourth-order valence-electron chi connectivity index (χ4n) is 3.62. The van der Waals surface area contributed by atoms with Gasteiger partial charge in [-0.3, -0.25) is 4.79 Å². The Balaban J connectivity index is 1.35. The second-order valence-corrected chi connectivity index (χ2v) is 8.74. The Morgan fingerprint density at radius 2 is 1.66 bits per heavy atom. The van der Waals surface area contributed by atoms with E-state index in [2.05, 4.69) is 25.1 Å². The summed E-state index contributed by atoms with van der Waals surface area (Å²) in [5.74, 6) is 0.759. The number of carbonyl (C=O) groups is 1. The van der Waals surface area contributed by atoms with Gasteiger partial charge < -0.3 is 15.1 Å². The van der Waals surface area contributed by atoms with Gasteiger partial charge >= 0.3 is 0 Å². The highest BCUT2D eigenvalue weighted by Gasteiger charge is 2.21. The van der Waals surface area contributed by atoms with Crippen LogP contribution in [0.5, 0.6) is 0 Å². The van der Waals surface area contributed by atoms with E-state index in [1.54, 1.807) is 12.4 Å². The van der Waals surface area contributed by atoms with Crippen LogP contribution in [0.15, 0.2) is 59.9 Å². The van der Waals surface area contributed by atoms with E-state index in [1.165, 1.54) is 29.5 Å².